The van der Waals surface area contributed by atoms with Crippen molar-refractivity contribution in [2.75, 3.05) is 17.2 Å². The molecule has 0 saturated carbocycles. The highest BCUT2D eigenvalue weighted by Gasteiger charge is 2.13. The van der Waals surface area contributed by atoms with E-state index < -0.39 is 5.82 Å². The monoisotopic (exact) mass is 247 g/mol. The second-order valence-corrected chi connectivity index (χ2v) is 3.88. The number of benzene rings is 1. The molecule has 0 bridgehead atoms. The van der Waals surface area contributed by atoms with Crippen LogP contribution in [0.4, 0.5) is 21.8 Å². The van der Waals surface area contributed by atoms with Gasteiger partial charge in [0.25, 0.3) is 0 Å². The van der Waals surface area contributed by atoms with Gasteiger partial charge in [-0.25, -0.2) is 9.37 Å². The Morgan fingerprint density at radius 1 is 1.17 bits per heavy atom. The van der Waals surface area contributed by atoms with Crippen LogP contribution in [0.2, 0.25) is 0 Å². The van der Waals surface area contributed by atoms with Gasteiger partial charge in [0.2, 0.25) is 5.95 Å². The number of hydrogen-bond acceptors (Lipinski definition) is 5. The first kappa shape index (κ1) is 12.1. The highest BCUT2D eigenvalue weighted by Crippen LogP contribution is 2.30. The smallest absolute Gasteiger partial charge is 0.222 e. The summed E-state index contributed by atoms with van der Waals surface area (Å²) in [5.74, 6) is -0.0692. The second-order valence-electron chi connectivity index (χ2n) is 3.88. The molecule has 1 aromatic heterocycles. The summed E-state index contributed by atoms with van der Waals surface area (Å²) in [6.45, 7) is 1.93. The zero-order valence-electron chi connectivity index (χ0n) is 9.94. The normalized spacial score (nSPS) is 10.6. The molecule has 0 unspecified atom stereocenters. The molecule has 0 aliphatic heterocycles. The topological polar surface area (TPSA) is 104 Å². The molecule has 0 aliphatic carbocycles. The molecule has 2 aromatic rings. The van der Waals surface area contributed by atoms with Crippen LogP contribution in [-0.4, -0.2) is 9.97 Å². The molecule has 18 heavy (non-hydrogen) atoms. The number of anilines is 3. The summed E-state index contributed by atoms with van der Waals surface area (Å²) in [7, 11) is 0. The zero-order valence-corrected chi connectivity index (χ0v) is 9.94. The fraction of sp³-hybridized carbons (Fsp3) is 0.167. The van der Waals surface area contributed by atoms with Crippen LogP contribution in [-0.2, 0) is 6.42 Å². The van der Waals surface area contributed by atoms with Crippen LogP contribution in [0.1, 0.15) is 12.6 Å². The zero-order chi connectivity index (χ0) is 13.3. The van der Waals surface area contributed by atoms with E-state index >= 15 is 0 Å². The summed E-state index contributed by atoms with van der Waals surface area (Å²) in [5, 5.41) is 0. The SMILES string of the molecule is CCc1nc(N)nc(N)c1-c1ccc(F)c(N)c1. The van der Waals surface area contributed by atoms with Crippen molar-refractivity contribution in [3.8, 4) is 11.1 Å². The molecule has 6 heteroatoms. The molecule has 0 fully saturated rings. The van der Waals surface area contributed by atoms with E-state index in [1.54, 1.807) is 6.07 Å². The van der Waals surface area contributed by atoms with Crippen LogP contribution in [0.3, 0.4) is 0 Å². The summed E-state index contributed by atoms with van der Waals surface area (Å²) in [5.41, 5.74) is 19.1. The van der Waals surface area contributed by atoms with E-state index in [1.165, 1.54) is 12.1 Å². The molecule has 0 atom stereocenters. The van der Waals surface area contributed by atoms with Crippen LogP contribution in [0.15, 0.2) is 18.2 Å². The summed E-state index contributed by atoms with van der Waals surface area (Å²) < 4.78 is 13.2. The van der Waals surface area contributed by atoms with Gasteiger partial charge in [-0.3, -0.25) is 0 Å². The Kier molecular flexibility index (Phi) is 3.01. The first-order valence-electron chi connectivity index (χ1n) is 5.50. The van der Waals surface area contributed by atoms with E-state index in [9.17, 15) is 4.39 Å². The van der Waals surface area contributed by atoms with Crippen LogP contribution >= 0.6 is 0 Å². The Morgan fingerprint density at radius 3 is 2.50 bits per heavy atom. The maximum atomic E-state index is 13.2. The van der Waals surface area contributed by atoms with E-state index in [4.69, 9.17) is 17.2 Å². The lowest BCUT2D eigenvalue weighted by molar-refractivity contribution is 0.632. The molecule has 0 aliphatic rings. The Labute approximate surface area is 104 Å². The number of aromatic nitrogens is 2. The minimum atomic E-state index is -0.466. The van der Waals surface area contributed by atoms with Crippen LogP contribution in [0.25, 0.3) is 11.1 Å². The van der Waals surface area contributed by atoms with Gasteiger partial charge in [-0.2, -0.15) is 4.98 Å². The number of hydrogen-bond donors (Lipinski definition) is 3. The van der Waals surface area contributed by atoms with Crippen molar-refractivity contribution >= 4 is 17.5 Å². The highest BCUT2D eigenvalue weighted by molar-refractivity contribution is 5.78. The maximum Gasteiger partial charge on any atom is 0.222 e. The molecular weight excluding hydrogens is 233 g/mol. The van der Waals surface area contributed by atoms with Crippen molar-refractivity contribution in [1.82, 2.24) is 9.97 Å². The van der Waals surface area contributed by atoms with Gasteiger partial charge in [0.05, 0.1) is 11.4 Å². The third-order valence-electron chi connectivity index (χ3n) is 2.65. The summed E-state index contributed by atoms with van der Waals surface area (Å²) in [6.07, 6.45) is 0.642. The van der Waals surface area contributed by atoms with Gasteiger partial charge in [0.1, 0.15) is 11.6 Å². The van der Waals surface area contributed by atoms with Crippen molar-refractivity contribution in [2.45, 2.75) is 13.3 Å². The first-order chi connectivity index (χ1) is 8.52. The molecule has 0 saturated heterocycles. The van der Waals surface area contributed by atoms with Crippen LogP contribution < -0.4 is 17.2 Å². The van der Waals surface area contributed by atoms with E-state index in [1.807, 2.05) is 6.92 Å². The van der Waals surface area contributed by atoms with Gasteiger partial charge in [0, 0.05) is 5.56 Å². The highest BCUT2D eigenvalue weighted by atomic mass is 19.1. The lowest BCUT2D eigenvalue weighted by Gasteiger charge is -2.11. The van der Waals surface area contributed by atoms with Crippen molar-refractivity contribution in [3.63, 3.8) is 0 Å². The molecule has 0 radical (unpaired) electrons. The predicted octanol–water partition coefficient (Wildman–Crippen LogP) is 1.59. The summed E-state index contributed by atoms with van der Waals surface area (Å²) in [6, 6.07) is 4.40. The quantitative estimate of drug-likeness (QED) is 0.699. The first-order valence-corrected chi connectivity index (χ1v) is 5.50. The van der Waals surface area contributed by atoms with Gasteiger partial charge in [0.15, 0.2) is 0 Å². The van der Waals surface area contributed by atoms with Crippen molar-refractivity contribution < 1.29 is 4.39 Å². The molecule has 1 aromatic carbocycles. The number of nitrogen functional groups attached to an aromatic ring is 3. The number of aryl methyl sites for hydroxylation is 1. The Morgan fingerprint density at radius 2 is 1.89 bits per heavy atom. The molecule has 2 rings (SSSR count). The maximum absolute atomic E-state index is 13.2. The van der Waals surface area contributed by atoms with Crippen LogP contribution in [0.5, 0.6) is 0 Å². The second kappa shape index (κ2) is 4.48. The molecule has 6 N–H and O–H groups in total. The van der Waals surface area contributed by atoms with Gasteiger partial charge in [-0.1, -0.05) is 13.0 Å². The molecule has 94 valence electrons. The fourth-order valence-electron chi connectivity index (χ4n) is 1.82. The van der Waals surface area contributed by atoms with Gasteiger partial charge in [-0.05, 0) is 24.1 Å². The summed E-state index contributed by atoms with van der Waals surface area (Å²) in [4.78, 5) is 8.05. The molecular formula is C12H14FN5. The lowest BCUT2D eigenvalue weighted by atomic mass is 10.0. The number of rotatable bonds is 2. The Bertz CT molecular complexity index is 597. The Hall–Kier alpha value is -2.37. The van der Waals surface area contributed by atoms with Gasteiger partial charge >= 0.3 is 0 Å². The van der Waals surface area contributed by atoms with Crippen LogP contribution in [0, 0.1) is 5.82 Å². The third-order valence-corrected chi connectivity index (χ3v) is 2.65. The van der Waals surface area contributed by atoms with Gasteiger partial charge in [-0.15, -0.1) is 0 Å². The molecule has 0 amide bonds. The minimum absolute atomic E-state index is 0.0609. The standard InChI is InChI=1S/C12H14FN5/c1-2-9-10(11(15)18-12(16)17-9)6-3-4-7(13)8(14)5-6/h3-5H,2,14H2,1H3,(H4,15,16,17,18). The average molecular weight is 247 g/mol. The third kappa shape index (κ3) is 2.04. The fourth-order valence-corrected chi connectivity index (χ4v) is 1.82. The number of nitrogens with zero attached hydrogens (tertiary/aromatic N) is 2. The van der Waals surface area contributed by atoms with E-state index in [2.05, 4.69) is 9.97 Å². The average Bonchev–Trinajstić information content (AvgIpc) is 2.32. The number of halogens is 1. The largest absolute Gasteiger partial charge is 0.396 e. The molecule has 5 nitrogen and oxygen atoms in total. The molecule has 1 heterocycles. The molecule has 0 spiro atoms. The Balaban J connectivity index is 2.66. The van der Waals surface area contributed by atoms with Crippen molar-refractivity contribution in [2.24, 2.45) is 0 Å². The minimum Gasteiger partial charge on any atom is -0.396 e. The summed E-state index contributed by atoms with van der Waals surface area (Å²) >= 11 is 0. The van der Waals surface area contributed by atoms with Crippen molar-refractivity contribution in [3.05, 3.63) is 29.7 Å². The van der Waals surface area contributed by atoms with Gasteiger partial charge < -0.3 is 17.2 Å². The van der Waals surface area contributed by atoms with E-state index in [-0.39, 0.29) is 17.5 Å². The predicted molar refractivity (Wildman–Crippen MR) is 70.0 cm³/mol. The lowest BCUT2D eigenvalue weighted by Crippen LogP contribution is -2.06. The van der Waals surface area contributed by atoms with E-state index in [0.29, 0.717) is 23.2 Å². The van der Waals surface area contributed by atoms with E-state index in [0.717, 1.165) is 0 Å². The van der Waals surface area contributed by atoms with Crippen molar-refractivity contribution in [1.29, 1.82) is 0 Å². The number of nitrogens with two attached hydrogens (primary N) is 3.